The summed E-state index contributed by atoms with van der Waals surface area (Å²) in [6.07, 6.45) is 1.71. The summed E-state index contributed by atoms with van der Waals surface area (Å²) in [6, 6.07) is 14.6. The Kier molecular flexibility index (Phi) is 5.99. The summed E-state index contributed by atoms with van der Waals surface area (Å²) in [5.41, 5.74) is 6.51. The first kappa shape index (κ1) is 19.2. The number of nitrogens with one attached hydrogen (secondary N) is 1. The van der Waals surface area contributed by atoms with Crippen molar-refractivity contribution in [1.29, 1.82) is 0 Å². The smallest absolute Gasteiger partial charge is 0.244 e. The zero-order valence-corrected chi connectivity index (χ0v) is 16.4. The number of hydrogen-bond donors (Lipinski definition) is 1. The van der Waals surface area contributed by atoms with E-state index in [4.69, 9.17) is 27.6 Å². The Labute approximate surface area is 167 Å². The van der Waals surface area contributed by atoms with Crippen LogP contribution in [0.2, 0.25) is 10.0 Å². The Morgan fingerprint density at radius 1 is 1.07 bits per heavy atom. The quantitative estimate of drug-likeness (QED) is 0.449. The fourth-order valence-corrected chi connectivity index (χ4v) is 2.94. The number of hydrazone groups is 1. The highest BCUT2D eigenvalue weighted by Gasteiger charge is 2.09. The van der Waals surface area contributed by atoms with Gasteiger partial charge in [0, 0.05) is 10.6 Å². The predicted octanol–water partition coefficient (Wildman–Crippen LogP) is 5.56. The van der Waals surface area contributed by atoms with E-state index >= 15 is 0 Å². The number of amides is 1. The molecule has 0 saturated carbocycles. The van der Waals surface area contributed by atoms with E-state index < -0.39 is 0 Å². The number of carbonyl (C=O) groups excluding carboxylic acids is 1. The van der Waals surface area contributed by atoms with E-state index in [0.29, 0.717) is 27.1 Å². The van der Waals surface area contributed by atoms with Crippen molar-refractivity contribution < 1.29 is 9.21 Å². The van der Waals surface area contributed by atoms with E-state index in [1.807, 2.05) is 32.0 Å². The zero-order chi connectivity index (χ0) is 19.4. The molecule has 0 aliphatic carbocycles. The fourth-order valence-electron chi connectivity index (χ4n) is 2.56. The Balaban J connectivity index is 1.61. The SMILES string of the molecule is Cc1ccc(CC(=O)N/N=C\c2ccc(-c3cc(Cl)ccc3Cl)o2)cc1C. The lowest BCUT2D eigenvalue weighted by Gasteiger charge is -2.04. The second kappa shape index (κ2) is 8.42. The van der Waals surface area contributed by atoms with Crippen LogP contribution in [0.15, 0.2) is 58.0 Å². The number of furan rings is 1. The summed E-state index contributed by atoms with van der Waals surface area (Å²) in [5.74, 6) is 0.872. The minimum Gasteiger partial charge on any atom is -0.455 e. The number of benzene rings is 2. The maximum absolute atomic E-state index is 12.0. The van der Waals surface area contributed by atoms with Crippen LogP contribution in [0.1, 0.15) is 22.5 Å². The van der Waals surface area contributed by atoms with E-state index in [2.05, 4.69) is 10.5 Å². The minimum atomic E-state index is -0.195. The number of aryl methyl sites for hydroxylation is 2. The molecule has 4 nitrogen and oxygen atoms in total. The zero-order valence-electron chi connectivity index (χ0n) is 14.9. The fraction of sp³-hybridized carbons (Fsp3) is 0.143. The van der Waals surface area contributed by atoms with Crippen LogP contribution in [0.4, 0.5) is 0 Å². The molecule has 0 saturated heterocycles. The van der Waals surface area contributed by atoms with Gasteiger partial charge in [-0.15, -0.1) is 0 Å². The molecule has 3 rings (SSSR count). The number of rotatable bonds is 5. The number of nitrogens with zero attached hydrogens (tertiary/aromatic N) is 1. The monoisotopic (exact) mass is 400 g/mol. The average Bonchev–Trinajstić information content (AvgIpc) is 3.09. The van der Waals surface area contributed by atoms with Gasteiger partial charge in [-0.1, -0.05) is 41.4 Å². The Bertz CT molecular complexity index is 1010. The van der Waals surface area contributed by atoms with E-state index in [1.165, 1.54) is 11.8 Å². The highest BCUT2D eigenvalue weighted by molar-refractivity contribution is 6.35. The van der Waals surface area contributed by atoms with Crippen LogP contribution in [0.5, 0.6) is 0 Å². The average molecular weight is 401 g/mol. The lowest BCUT2D eigenvalue weighted by Crippen LogP contribution is -2.19. The number of halogens is 2. The Morgan fingerprint density at radius 3 is 2.67 bits per heavy atom. The molecular weight excluding hydrogens is 383 g/mol. The van der Waals surface area contributed by atoms with Crippen LogP contribution >= 0.6 is 23.2 Å². The molecule has 0 atom stereocenters. The standard InChI is InChI=1S/C21H18Cl2N2O2/c1-13-3-4-15(9-14(13)2)10-21(26)25-24-12-17-6-8-20(27-17)18-11-16(22)5-7-19(18)23/h3-9,11-12H,10H2,1-2H3,(H,25,26)/b24-12-. The molecule has 0 spiro atoms. The van der Waals surface area contributed by atoms with Gasteiger partial charge in [-0.05, 0) is 60.9 Å². The van der Waals surface area contributed by atoms with Crippen LogP contribution in [-0.2, 0) is 11.2 Å². The summed E-state index contributed by atoms with van der Waals surface area (Å²) < 4.78 is 5.69. The maximum Gasteiger partial charge on any atom is 0.244 e. The van der Waals surface area contributed by atoms with E-state index in [1.54, 1.807) is 30.3 Å². The third-order valence-electron chi connectivity index (χ3n) is 4.14. The molecule has 0 bridgehead atoms. The van der Waals surface area contributed by atoms with Crippen LogP contribution in [-0.4, -0.2) is 12.1 Å². The molecule has 1 aromatic heterocycles. The highest BCUT2D eigenvalue weighted by Crippen LogP contribution is 2.31. The van der Waals surface area contributed by atoms with Crippen LogP contribution < -0.4 is 5.43 Å². The molecule has 0 fully saturated rings. The van der Waals surface area contributed by atoms with Crippen LogP contribution in [0, 0.1) is 13.8 Å². The number of hydrogen-bond acceptors (Lipinski definition) is 3. The van der Waals surface area contributed by atoms with E-state index in [9.17, 15) is 4.79 Å². The van der Waals surface area contributed by atoms with Gasteiger partial charge in [-0.3, -0.25) is 4.79 Å². The van der Waals surface area contributed by atoms with Gasteiger partial charge in [0.2, 0.25) is 5.91 Å². The molecular formula is C21H18Cl2N2O2. The Morgan fingerprint density at radius 2 is 1.89 bits per heavy atom. The third-order valence-corrected chi connectivity index (χ3v) is 4.70. The van der Waals surface area contributed by atoms with E-state index in [0.717, 1.165) is 11.1 Å². The number of carbonyl (C=O) groups is 1. The van der Waals surface area contributed by atoms with Gasteiger partial charge in [0.15, 0.2) is 0 Å². The van der Waals surface area contributed by atoms with Gasteiger partial charge < -0.3 is 4.42 Å². The summed E-state index contributed by atoms with van der Waals surface area (Å²) in [4.78, 5) is 12.0. The topological polar surface area (TPSA) is 54.6 Å². The van der Waals surface area contributed by atoms with Crippen molar-refractivity contribution in [2.45, 2.75) is 20.3 Å². The van der Waals surface area contributed by atoms with Crippen molar-refractivity contribution in [2.75, 3.05) is 0 Å². The van der Waals surface area contributed by atoms with Gasteiger partial charge in [0.05, 0.1) is 17.7 Å². The first-order valence-electron chi connectivity index (χ1n) is 8.35. The molecule has 1 heterocycles. The normalized spacial score (nSPS) is 11.1. The minimum absolute atomic E-state index is 0.195. The summed E-state index contributed by atoms with van der Waals surface area (Å²) in [5, 5.41) is 5.06. The summed E-state index contributed by atoms with van der Waals surface area (Å²) in [6.45, 7) is 4.06. The molecule has 6 heteroatoms. The largest absolute Gasteiger partial charge is 0.455 e. The van der Waals surface area contributed by atoms with Gasteiger partial charge in [0.1, 0.15) is 11.5 Å². The van der Waals surface area contributed by atoms with Crippen molar-refractivity contribution in [3.05, 3.63) is 81.0 Å². The second-order valence-electron chi connectivity index (χ2n) is 6.21. The highest BCUT2D eigenvalue weighted by atomic mass is 35.5. The summed E-state index contributed by atoms with van der Waals surface area (Å²) >= 11 is 12.2. The van der Waals surface area contributed by atoms with Gasteiger partial charge in [-0.2, -0.15) is 5.10 Å². The molecule has 138 valence electrons. The van der Waals surface area contributed by atoms with Crippen molar-refractivity contribution in [2.24, 2.45) is 5.10 Å². The molecule has 3 aromatic rings. The molecule has 0 unspecified atom stereocenters. The lowest BCUT2D eigenvalue weighted by atomic mass is 10.0. The molecule has 2 aromatic carbocycles. The Hall–Kier alpha value is -2.56. The predicted molar refractivity (Wildman–Crippen MR) is 110 cm³/mol. The van der Waals surface area contributed by atoms with Crippen molar-refractivity contribution in [3.63, 3.8) is 0 Å². The van der Waals surface area contributed by atoms with Crippen molar-refractivity contribution >= 4 is 35.3 Å². The van der Waals surface area contributed by atoms with Crippen LogP contribution in [0.25, 0.3) is 11.3 Å². The molecule has 0 radical (unpaired) electrons. The third kappa shape index (κ3) is 5.00. The first-order valence-corrected chi connectivity index (χ1v) is 9.11. The van der Waals surface area contributed by atoms with Gasteiger partial charge in [0.25, 0.3) is 0 Å². The molecule has 1 N–H and O–H groups in total. The second-order valence-corrected chi connectivity index (χ2v) is 7.06. The summed E-state index contributed by atoms with van der Waals surface area (Å²) in [7, 11) is 0. The van der Waals surface area contributed by atoms with Crippen molar-refractivity contribution in [3.8, 4) is 11.3 Å². The molecule has 1 amide bonds. The molecule has 0 aliphatic heterocycles. The first-order chi connectivity index (χ1) is 12.9. The van der Waals surface area contributed by atoms with Gasteiger partial charge >= 0.3 is 0 Å². The maximum atomic E-state index is 12.0. The van der Waals surface area contributed by atoms with E-state index in [-0.39, 0.29) is 12.3 Å². The lowest BCUT2D eigenvalue weighted by molar-refractivity contribution is -0.120. The molecule has 0 aliphatic rings. The van der Waals surface area contributed by atoms with Crippen molar-refractivity contribution in [1.82, 2.24) is 5.43 Å². The van der Waals surface area contributed by atoms with Crippen LogP contribution in [0.3, 0.4) is 0 Å². The van der Waals surface area contributed by atoms with Gasteiger partial charge in [-0.25, -0.2) is 5.43 Å². The molecule has 27 heavy (non-hydrogen) atoms.